The van der Waals surface area contributed by atoms with E-state index in [4.69, 9.17) is 9.47 Å². The highest BCUT2D eigenvalue weighted by Gasteiger charge is 2.24. The number of aliphatic hydroxyl groups is 1. The molecule has 0 aliphatic rings. The number of anilines is 1. The predicted octanol–water partition coefficient (Wildman–Crippen LogP) is 1.44. The van der Waals surface area contributed by atoms with E-state index in [1.54, 1.807) is 37.1 Å². The van der Waals surface area contributed by atoms with E-state index in [-0.39, 0.29) is 24.6 Å². The normalized spacial score (nSPS) is 12.0. The van der Waals surface area contributed by atoms with Crippen LogP contribution >= 0.6 is 0 Å². The Labute approximate surface area is 117 Å². The van der Waals surface area contributed by atoms with Crippen LogP contribution < -0.4 is 9.64 Å². The van der Waals surface area contributed by atoms with Gasteiger partial charge in [0.15, 0.2) is 5.75 Å². The number of nitro benzene ring substituents is 1. The Morgan fingerprint density at radius 2 is 2.20 bits per heavy atom. The van der Waals surface area contributed by atoms with Crippen LogP contribution in [-0.2, 0) is 4.74 Å². The molecule has 0 radical (unpaired) electrons. The van der Waals surface area contributed by atoms with E-state index in [9.17, 15) is 15.2 Å². The Morgan fingerprint density at radius 3 is 2.75 bits per heavy atom. The summed E-state index contributed by atoms with van der Waals surface area (Å²) in [4.78, 5) is 12.4. The van der Waals surface area contributed by atoms with Gasteiger partial charge in [0.05, 0.1) is 24.2 Å². The van der Waals surface area contributed by atoms with Gasteiger partial charge in [-0.15, -0.1) is 0 Å². The lowest BCUT2D eigenvalue weighted by atomic mass is 10.2. The van der Waals surface area contributed by atoms with Crippen LogP contribution in [0, 0.1) is 10.1 Å². The SMILES string of the molecule is CCOc1cccc(N(C)CC(O)COC)c1[N+](=O)[O-]. The number of benzene rings is 1. The van der Waals surface area contributed by atoms with E-state index in [0.29, 0.717) is 12.3 Å². The lowest BCUT2D eigenvalue weighted by Crippen LogP contribution is -2.32. The quantitative estimate of drug-likeness (QED) is 0.574. The average molecular weight is 284 g/mol. The third-order valence-corrected chi connectivity index (χ3v) is 2.72. The van der Waals surface area contributed by atoms with Gasteiger partial charge >= 0.3 is 5.69 Å². The molecule has 1 N–H and O–H groups in total. The second-order valence-electron chi connectivity index (χ2n) is 4.30. The van der Waals surface area contributed by atoms with Crippen molar-refractivity contribution in [3.63, 3.8) is 0 Å². The number of para-hydroxylation sites is 1. The smallest absolute Gasteiger partial charge is 0.333 e. The predicted molar refractivity (Wildman–Crippen MR) is 75.4 cm³/mol. The van der Waals surface area contributed by atoms with Crippen LogP contribution in [0.4, 0.5) is 11.4 Å². The summed E-state index contributed by atoms with van der Waals surface area (Å²) in [7, 11) is 3.16. The molecule has 112 valence electrons. The van der Waals surface area contributed by atoms with Gasteiger partial charge in [-0.3, -0.25) is 10.1 Å². The van der Waals surface area contributed by atoms with Gasteiger partial charge in [-0.2, -0.15) is 0 Å². The molecule has 7 heteroatoms. The van der Waals surface area contributed by atoms with Crippen molar-refractivity contribution in [2.45, 2.75) is 13.0 Å². The number of likely N-dealkylation sites (N-methyl/N-ethyl adjacent to an activating group) is 1. The van der Waals surface area contributed by atoms with Gasteiger partial charge in [0.1, 0.15) is 5.69 Å². The van der Waals surface area contributed by atoms with Crippen molar-refractivity contribution in [2.24, 2.45) is 0 Å². The summed E-state index contributed by atoms with van der Waals surface area (Å²) in [5.74, 6) is 0.225. The number of nitro groups is 1. The topological polar surface area (TPSA) is 85.1 Å². The molecule has 0 saturated heterocycles. The first-order valence-electron chi connectivity index (χ1n) is 6.29. The Hall–Kier alpha value is -1.86. The molecule has 7 nitrogen and oxygen atoms in total. The summed E-state index contributed by atoms with van der Waals surface area (Å²) in [5, 5.41) is 21.0. The molecule has 0 saturated carbocycles. The monoisotopic (exact) mass is 284 g/mol. The van der Waals surface area contributed by atoms with Crippen molar-refractivity contribution in [3.05, 3.63) is 28.3 Å². The van der Waals surface area contributed by atoms with Crippen LogP contribution in [0.1, 0.15) is 6.92 Å². The molecule has 0 aliphatic carbocycles. The number of hydrogen-bond donors (Lipinski definition) is 1. The minimum atomic E-state index is -0.722. The lowest BCUT2D eigenvalue weighted by Gasteiger charge is -2.22. The molecule has 0 amide bonds. The van der Waals surface area contributed by atoms with Crippen LogP contribution in [0.15, 0.2) is 18.2 Å². The standard InChI is InChI=1S/C13H20N2O5/c1-4-20-12-7-5-6-11(13(12)15(17)18)14(2)8-10(16)9-19-3/h5-7,10,16H,4,8-9H2,1-3H3. The van der Waals surface area contributed by atoms with Crippen LogP contribution in [0.2, 0.25) is 0 Å². The number of ether oxygens (including phenoxy) is 2. The summed E-state index contributed by atoms with van der Waals surface area (Å²) in [6, 6.07) is 4.87. The summed E-state index contributed by atoms with van der Waals surface area (Å²) < 4.78 is 10.1. The molecule has 1 unspecified atom stereocenters. The second kappa shape index (κ2) is 7.66. The molecule has 1 atom stereocenters. The second-order valence-corrected chi connectivity index (χ2v) is 4.30. The zero-order chi connectivity index (χ0) is 15.1. The highest BCUT2D eigenvalue weighted by atomic mass is 16.6. The minimum absolute atomic E-state index is 0.0959. The number of aliphatic hydroxyl groups excluding tert-OH is 1. The van der Waals surface area contributed by atoms with E-state index < -0.39 is 11.0 Å². The molecular formula is C13H20N2O5. The zero-order valence-electron chi connectivity index (χ0n) is 11.9. The number of hydrogen-bond acceptors (Lipinski definition) is 6. The Kier molecular flexibility index (Phi) is 6.20. The Balaban J connectivity index is 3.03. The van der Waals surface area contributed by atoms with Gasteiger partial charge in [0.25, 0.3) is 0 Å². The molecular weight excluding hydrogens is 264 g/mol. The van der Waals surface area contributed by atoms with Crippen molar-refractivity contribution in [1.82, 2.24) is 0 Å². The van der Waals surface area contributed by atoms with Crippen molar-refractivity contribution in [1.29, 1.82) is 0 Å². The molecule has 0 aliphatic heterocycles. The van der Waals surface area contributed by atoms with Crippen LogP contribution in [-0.4, -0.2) is 50.0 Å². The molecule has 0 fully saturated rings. The van der Waals surface area contributed by atoms with Crippen molar-refractivity contribution < 1.29 is 19.5 Å². The van der Waals surface area contributed by atoms with Crippen LogP contribution in [0.5, 0.6) is 5.75 Å². The third-order valence-electron chi connectivity index (χ3n) is 2.72. The largest absolute Gasteiger partial charge is 0.487 e. The van der Waals surface area contributed by atoms with Crippen molar-refractivity contribution in [2.75, 3.05) is 38.8 Å². The first-order chi connectivity index (χ1) is 9.51. The lowest BCUT2D eigenvalue weighted by molar-refractivity contribution is -0.385. The van der Waals surface area contributed by atoms with E-state index in [2.05, 4.69) is 0 Å². The fourth-order valence-corrected chi connectivity index (χ4v) is 1.93. The average Bonchev–Trinajstić information content (AvgIpc) is 2.38. The molecule has 1 rings (SSSR count). The van der Waals surface area contributed by atoms with Gasteiger partial charge in [-0.1, -0.05) is 6.07 Å². The maximum absolute atomic E-state index is 11.2. The third kappa shape index (κ3) is 4.07. The minimum Gasteiger partial charge on any atom is -0.487 e. The molecule has 0 heterocycles. The van der Waals surface area contributed by atoms with Gasteiger partial charge in [-0.25, -0.2) is 0 Å². The Morgan fingerprint density at radius 1 is 1.50 bits per heavy atom. The van der Waals surface area contributed by atoms with Crippen molar-refractivity contribution in [3.8, 4) is 5.75 Å². The van der Waals surface area contributed by atoms with Gasteiger partial charge in [-0.05, 0) is 19.1 Å². The molecule has 0 aromatic heterocycles. The van der Waals surface area contributed by atoms with Crippen molar-refractivity contribution >= 4 is 11.4 Å². The van der Waals surface area contributed by atoms with Crippen LogP contribution in [0.3, 0.4) is 0 Å². The fourth-order valence-electron chi connectivity index (χ4n) is 1.93. The fraction of sp³-hybridized carbons (Fsp3) is 0.538. The first kappa shape index (κ1) is 16.2. The Bertz CT molecular complexity index is 452. The number of nitrogens with zero attached hydrogens (tertiary/aromatic N) is 2. The van der Waals surface area contributed by atoms with Gasteiger partial charge < -0.3 is 19.5 Å². The van der Waals surface area contributed by atoms with Gasteiger partial charge in [0, 0.05) is 20.7 Å². The summed E-state index contributed by atoms with van der Waals surface area (Å²) in [6.45, 7) is 2.51. The maximum Gasteiger partial charge on any atom is 0.333 e. The van der Waals surface area contributed by atoms with E-state index >= 15 is 0 Å². The van der Waals surface area contributed by atoms with Crippen LogP contribution in [0.25, 0.3) is 0 Å². The molecule has 1 aromatic rings. The summed E-state index contributed by atoms with van der Waals surface area (Å²) >= 11 is 0. The maximum atomic E-state index is 11.2. The van der Waals surface area contributed by atoms with E-state index in [0.717, 1.165) is 0 Å². The molecule has 1 aromatic carbocycles. The zero-order valence-corrected chi connectivity index (χ0v) is 11.9. The molecule has 0 spiro atoms. The highest BCUT2D eigenvalue weighted by Crippen LogP contribution is 2.36. The number of rotatable bonds is 8. The molecule has 0 bridgehead atoms. The van der Waals surface area contributed by atoms with E-state index in [1.165, 1.54) is 7.11 Å². The van der Waals surface area contributed by atoms with E-state index in [1.807, 2.05) is 0 Å². The summed E-state index contributed by atoms with van der Waals surface area (Å²) in [6.07, 6.45) is -0.722. The molecule has 20 heavy (non-hydrogen) atoms. The van der Waals surface area contributed by atoms with Gasteiger partial charge in [0.2, 0.25) is 0 Å². The highest BCUT2D eigenvalue weighted by molar-refractivity contribution is 5.69. The first-order valence-corrected chi connectivity index (χ1v) is 6.29. The summed E-state index contributed by atoms with van der Waals surface area (Å²) in [5.41, 5.74) is 0.303. The number of methoxy groups -OCH3 is 1.